The van der Waals surface area contributed by atoms with E-state index >= 15 is 0 Å². The second-order valence-corrected chi connectivity index (χ2v) is 4.50. The molecule has 0 bridgehead atoms. The molecule has 0 spiro atoms. The number of carboxylic acids is 1. The number of rotatable bonds is 7. The van der Waals surface area contributed by atoms with Gasteiger partial charge in [0, 0.05) is 13.0 Å². The summed E-state index contributed by atoms with van der Waals surface area (Å²) in [5.41, 5.74) is 0.980. The maximum atomic E-state index is 11.6. The lowest BCUT2D eigenvalue weighted by molar-refractivity contribution is -0.137. The molecule has 4 nitrogen and oxygen atoms in total. The molecule has 98 valence electrons. The second-order valence-electron chi connectivity index (χ2n) is 4.50. The first-order valence-electron chi connectivity index (χ1n) is 6.10. The summed E-state index contributed by atoms with van der Waals surface area (Å²) < 4.78 is 0. The Morgan fingerprint density at radius 1 is 1.28 bits per heavy atom. The van der Waals surface area contributed by atoms with E-state index in [0.717, 1.165) is 5.56 Å². The highest BCUT2D eigenvalue weighted by molar-refractivity contribution is 5.78. The first-order chi connectivity index (χ1) is 8.58. The van der Waals surface area contributed by atoms with Crippen molar-refractivity contribution in [2.75, 3.05) is 6.54 Å². The number of benzene rings is 1. The molecule has 18 heavy (non-hydrogen) atoms. The molecule has 1 atom stereocenters. The van der Waals surface area contributed by atoms with E-state index in [0.29, 0.717) is 19.4 Å². The summed E-state index contributed by atoms with van der Waals surface area (Å²) >= 11 is 0. The van der Waals surface area contributed by atoms with E-state index in [1.807, 2.05) is 37.3 Å². The third kappa shape index (κ3) is 6.03. The number of hydrogen-bond donors (Lipinski definition) is 2. The van der Waals surface area contributed by atoms with Gasteiger partial charge in [0.2, 0.25) is 5.91 Å². The van der Waals surface area contributed by atoms with Crippen LogP contribution in [-0.2, 0) is 16.0 Å². The largest absolute Gasteiger partial charge is 0.481 e. The van der Waals surface area contributed by atoms with Gasteiger partial charge in [0.1, 0.15) is 0 Å². The van der Waals surface area contributed by atoms with E-state index in [9.17, 15) is 9.59 Å². The summed E-state index contributed by atoms with van der Waals surface area (Å²) in [6.45, 7) is 2.46. The zero-order valence-corrected chi connectivity index (χ0v) is 10.6. The number of nitrogens with one attached hydrogen (secondary N) is 1. The number of amides is 1. The van der Waals surface area contributed by atoms with Crippen LogP contribution in [0, 0.1) is 5.92 Å². The lowest BCUT2D eigenvalue weighted by atomic mass is 10.1. The summed E-state index contributed by atoms with van der Waals surface area (Å²) in [6, 6.07) is 9.53. The van der Waals surface area contributed by atoms with Gasteiger partial charge in [0.15, 0.2) is 0 Å². The SMILES string of the molecule is CC(CCC(=O)O)CNC(=O)Cc1ccccc1. The van der Waals surface area contributed by atoms with Crippen molar-refractivity contribution in [1.82, 2.24) is 5.32 Å². The molecule has 1 aromatic rings. The van der Waals surface area contributed by atoms with Crippen molar-refractivity contribution in [2.24, 2.45) is 5.92 Å². The number of carbonyl (C=O) groups excluding carboxylic acids is 1. The molecule has 1 rings (SSSR count). The quantitative estimate of drug-likeness (QED) is 0.775. The molecule has 0 aliphatic heterocycles. The van der Waals surface area contributed by atoms with Gasteiger partial charge in [-0.2, -0.15) is 0 Å². The highest BCUT2D eigenvalue weighted by Crippen LogP contribution is 2.04. The van der Waals surface area contributed by atoms with Crippen LogP contribution in [-0.4, -0.2) is 23.5 Å². The molecule has 2 N–H and O–H groups in total. The minimum Gasteiger partial charge on any atom is -0.481 e. The maximum Gasteiger partial charge on any atom is 0.303 e. The summed E-state index contributed by atoms with van der Waals surface area (Å²) in [5.74, 6) is -0.637. The monoisotopic (exact) mass is 249 g/mol. The summed E-state index contributed by atoms with van der Waals surface area (Å²) in [4.78, 5) is 22.0. The van der Waals surface area contributed by atoms with Crippen molar-refractivity contribution >= 4 is 11.9 Å². The molecule has 1 aromatic carbocycles. The Morgan fingerprint density at radius 3 is 2.56 bits per heavy atom. The second kappa shape index (κ2) is 7.48. The maximum absolute atomic E-state index is 11.6. The molecule has 0 aliphatic carbocycles. The summed E-state index contributed by atoms with van der Waals surface area (Å²) in [5, 5.41) is 11.4. The van der Waals surface area contributed by atoms with Gasteiger partial charge >= 0.3 is 5.97 Å². The Bertz CT molecular complexity index is 389. The predicted octanol–water partition coefficient (Wildman–Crippen LogP) is 1.85. The fraction of sp³-hybridized carbons (Fsp3) is 0.429. The Morgan fingerprint density at radius 2 is 1.94 bits per heavy atom. The molecule has 0 fully saturated rings. The van der Waals surface area contributed by atoms with Crippen LogP contribution in [0.3, 0.4) is 0 Å². The number of hydrogen-bond acceptors (Lipinski definition) is 2. The van der Waals surface area contributed by atoms with Crippen LogP contribution in [0.25, 0.3) is 0 Å². The molecular formula is C14H19NO3. The standard InChI is InChI=1S/C14H19NO3/c1-11(7-8-14(17)18)10-15-13(16)9-12-5-3-2-4-6-12/h2-6,11H,7-10H2,1H3,(H,15,16)(H,17,18). The van der Waals surface area contributed by atoms with Gasteiger partial charge in [0.05, 0.1) is 6.42 Å². The Hall–Kier alpha value is -1.84. The minimum atomic E-state index is -0.794. The van der Waals surface area contributed by atoms with Gasteiger partial charge in [-0.1, -0.05) is 37.3 Å². The fourth-order valence-electron chi connectivity index (χ4n) is 1.60. The molecule has 0 aromatic heterocycles. The normalized spacial score (nSPS) is 11.8. The Kier molecular flexibility index (Phi) is 5.91. The van der Waals surface area contributed by atoms with Gasteiger partial charge in [-0.3, -0.25) is 9.59 Å². The lowest BCUT2D eigenvalue weighted by Crippen LogP contribution is -2.29. The lowest BCUT2D eigenvalue weighted by Gasteiger charge is -2.11. The van der Waals surface area contributed by atoms with Crippen molar-refractivity contribution in [3.63, 3.8) is 0 Å². The zero-order valence-electron chi connectivity index (χ0n) is 10.6. The van der Waals surface area contributed by atoms with Crippen molar-refractivity contribution in [1.29, 1.82) is 0 Å². The highest BCUT2D eigenvalue weighted by atomic mass is 16.4. The van der Waals surface area contributed by atoms with E-state index in [1.165, 1.54) is 0 Å². The number of aliphatic carboxylic acids is 1. The van der Waals surface area contributed by atoms with E-state index < -0.39 is 5.97 Å². The summed E-state index contributed by atoms with van der Waals surface area (Å²) in [6.07, 6.45) is 1.10. The van der Waals surface area contributed by atoms with Gasteiger partial charge < -0.3 is 10.4 Å². The third-order valence-electron chi connectivity index (χ3n) is 2.71. The van der Waals surface area contributed by atoms with E-state index in [2.05, 4.69) is 5.32 Å². The topological polar surface area (TPSA) is 66.4 Å². The average Bonchev–Trinajstić information content (AvgIpc) is 2.35. The Labute approximate surface area is 107 Å². The van der Waals surface area contributed by atoms with E-state index in [1.54, 1.807) is 0 Å². The molecule has 1 amide bonds. The van der Waals surface area contributed by atoms with Crippen LogP contribution < -0.4 is 5.32 Å². The van der Waals surface area contributed by atoms with Crippen molar-refractivity contribution in [2.45, 2.75) is 26.2 Å². The first kappa shape index (κ1) is 14.2. The van der Waals surface area contributed by atoms with Gasteiger partial charge in [-0.05, 0) is 17.9 Å². The van der Waals surface area contributed by atoms with Gasteiger partial charge in [-0.25, -0.2) is 0 Å². The molecule has 0 aliphatic rings. The third-order valence-corrected chi connectivity index (χ3v) is 2.71. The van der Waals surface area contributed by atoms with E-state index in [4.69, 9.17) is 5.11 Å². The molecule has 0 radical (unpaired) electrons. The van der Waals surface area contributed by atoms with Crippen LogP contribution in [0.2, 0.25) is 0 Å². The molecule has 1 unspecified atom stereocenters. The van der Waals surface area contributed by atoms with E-state index in [-0.39, 0.29) is 18.2 Å². The van der Waals surface area contributed by atoms with Crippen molar-refractivity contribution in [3.05, 3.63) is 35.9 Å². The van der Waals surface area contributed by atoms with Crippen LogP contribution in [0.15, 0.2) is 30.3 Å². The van der Waals surface area contributed by atoms with Crippen molar-refractivity contribution in [3.8, 4) is 0 Å². The number of carbonyl (C=O) groups is 2. The smallest absolute Gasteiger partial charge is 0.303 e. The Balaban J connectivity index is 2.23. The van der Waals surface area contributed by atoms with Crippen LogP contribution in [0.4, 0.5) is 0 Å². The minimum absolute atomic E-state index is 0.0247. The molecule has 0 saturated carbocycles. The van der Waals surface area contributed by atoms with Gasteiger partial charge in [-0.15, -0.1) is 0 Å². The average molecular weight is 249 g/mol. The number of carboxylic acid groups (broad SMARTS) is 1. The fourth-order valence-corrected chi connectivity index (χ4v) is 1.60. The molecule has 0 heterocycles. The molecule has 4 heteroatoms. The first-order valence-corrected chi connectivity index (χ1v) is 6.10. The van der Waals surface area contributed by atoms with Crippen molar-refractivity contribution < 1.29 is 14.7 Å². The zero-order chi connectivity index (χ0) is 13.4. The van der Waals surface area contributed by atoms with Gasteiger partial charge in [0.25, 0.3) is 0 Å². The van der Waals surface area contributed by atoms with Crippen LogP contribution >= 0.6 is 0 Å². The molecular weight excluding hydrogens is 230 g/mol. The van der Waals surface area contributed by atoms with Crippen LogP contribution in [0.1, 0.15) is 25.3 Å². The highest BCUT2D eigenvalue weighted by Gasteiger charge is 2.08. The van der Waals surface area contributed by atoms with Crippen LogP contribution in [0.5, 0.6) is 0 Å². The summed E-state index contributed by atoms with van der Waals surface area (Å²) in [7, 11) is 0. The predicted molar refractivity (Wildman–Crippen MR) is 69.2 cm³/mol. The molecule has 0 saturated heterocycles.